The van der Waals surface area contributed by atoms with Crippen LogP contribution in [0.2, 0.25) is 0 Å². The molecular weight excluding hydrogens is 365 g/mol. The van der Waals surface area contributed by atoms with Crippen molar-refractivity contribution in [1.82, 2.24) is 5.43 Å². The summed E-state index contributed by atoms with van der Waals surface area (Å²) in [4.78, 5) is 23.4. The number of nitrogens with one attached hydrogen (secondary N) is 2. The molecule has 0 spiro atoms. The van der Waals surface area contributed by atoms with Crippen LogP contribution < -0.4 is 10.7 Å². The molecule has 2 aromatic carbocycles. The van der Waals surface area contributed by atoms with E-state index in [1.54, 1.807) is 31.2 Å². The molecule has 0 saturated carbocycles. The van der Waals surface area contributed by atoms with Crippen LogP contribution in [-0.4, -0.2) is 17.5 Å². The second-order valence-corrected chi connectivity index (χ2v) is 5.52. The van der Waals surface area contributed by atoms with Gasteiger partial charge >= 0.3 is 11.8 Å². The van der Waals surface area contributed by atoms with Gasteiger partial charge in [0.15, 0.2) is 0 Å². The van der Waals surface area contributed by atoms with Gasteiger partial charge in [0.1, 0.15) is 5.82 Å². The molecular formula is C16H13BrFN3O2. The number of carbonyl (C=O) groups excluding carboxylic acids is 2. The number of nitrogens with zero attached hydrogens (tertiary/aromatic N) is 1. The molecule has 0 saturated heterocycles. The van der Waals surface area contributed by atoms with E-state index in [2.05, 4.69) is 31.8 Å². The van der Waals surface area contributed by atoms with Crippen molar-refractivity contribution in [3.63, 3.8) is 0 Å². The first-order chi connectivity index (χ1) is 11.0. The van der Waals surface area contributed by atoms with Crippen LogP contribution in [0.25, 0.3) is 0 Å². The van der Waals surface area contributed by atoms with Gasteiger partial charge in [-0.1, -0.05) is 28.1 Å². The lowest BCUT2D eigenvalue weighted by Crippen LogP contribution is -2.32. The molecule has 0 aliphatic rings. The van der Waals surface area contributed by atoms with E-state index in [4.69, 9.17) is 0 Å². The average Bonchev–Trinajstić information content (AvgIpc) is 2.55. The minimum atomic E-state index is -0.894. The Morgan fingerprint density at radius 1 is 1.00 bits per heavy atom. The van der Waals surface area contributed by atoms with Gasteiger partial charge in [-0.2, -0.15) is 5.10 Å². The van der Waals surface area contributed by atoms with Crippen molar-refractivity contribution in [2.75, 3.05) is 5.32 Å². The largest absolute Gasteiger partial charge is 0.329 e. The summed E-state index contributed by atoms with van der Waals surface area (Å²) >= 11 is 3.27. The Kier molecular flexibility index (Phi) is 5.59. The molecule has 7 heteroatoms. The highest BCUT2D eigenvalue weighted by molar-refractivity contribution is 9.10. The van der Waals surface area contributed by atoms with Crippen molar-refractivity contribution in [3.8, 4) is 0 Å². The van der Waals surface area contributed by atoms with Crippen LogP contribution in [0.5, 0.6) is 0 Å². The number of hydrazone groups is 1. The molecule has 2 N–H and O–H groups in total. The summed E-state index contributed by atoms with van der Waals surface area (Å²) in [6.45, 7) is 1.64. The average molecular weight is 378 g/mol. The maximum absolute atomic E-state index is 12.8. The van der Waals surface area contributed by atoms with Crippen molar-refractivity contribution in [1.29, 1.82) is 0 Å². The van der Waals surface area contributed by atoms with E-state index in [-0.39, 0.29) is 5.82 Å². The highest BCUT2D eigenvalue weighted by Gasteiger charge is 2.13. The summed E-state index contributed by atoms with van der Waals surface area (Å²) < 4.78 is 13.7. The lowest BCUT2D eigenvalue weighted by Gasteiger charge is -2.05. The van der Waals surface area contributed by atoms with Crippen LogP contribution in [-0.2, 0) is 9.59 Å². The predicted molar refractivity (Wildman–Crippen MR) is 89.5 cm³/mol. The molecule has 0 radical (unpaired) electrons. The standard InChI is InChI=1S/C16H13BrFN3O2/c1-10(11-2-6-13(18)7-3-11)20-21-16(23)15(22)19-14-8-4-12(17)5-9-14/h2-9H,1H3,(H,19,22)(H,21,23). The Labute approximate surface area is 140 Å². The van der Waals surface area contributed by atoms with E-state index in [1.165, 1.54) is 24.3 Å². The first kappa shape index (κ1) is 16.8. The molecule has 118 valence electrons. The summed E-state index contributed by atoms with van der Waals surface area (Å²) in [5.74, 6) is -2.09. The van der Waals surface area contributed by atoms with E-state index in [0.29, 0.717) is 17.0 Å². The number of anilines is 1. The number of benzene rings is 2. The van der Waals surface area contributed by atoms with Crippen molar-refractivity contribution in [2.45, 2.75) is 6.92 Å². The third-order valence-electron chi connectivity index (χ3n) is 2.90. The molecule has 0 aliphatic heterocycles. The summed E-state index contributed by atoms with van der Waals surface area (Å²) in [5.41, 5.74) is 3.75. The number of hydrogen-bond donors (Lipinski definition) is 2. The van der Waals surface area contributed by atoms with Gasteiger partial charge in [0, 0.05) is 10.2 Å². The fourth-order valence-electron chi connectivity index (χ4n) is 1.66. The topological polar surface area (TPSA) is 70.6 Å². The summed E-state index contributed by atoms with van der Waals surface area (Å²) in [7, 11) is 0. The molecule has 23 heavy (non-hydrogen) atoms. The van der Waals surface area contributed by atoms with Gasteiger partial charge in [-0.15, -0.1) is 0 Å². The van der Waals surface area contributed by atoms with E-state index in [9.17, 15) is 14.0 Å². The smallest absolute Gasteiger partial charge is 0.318 e. The zero-order valence-corrected chi connectivity index (χ0v) is 13.7. The third-order valence-corrected chi connectivity index (χ3v) is 3.42. The van der Waals surface area contributed by atoms with Crippen molar-refractivity contribution in [2.24, 2.45) is 5.10 Å². The number of amides is 2. The zero-order chi connectivity index (χ0) is 16.8. The monoisotopic (exact) mass is 377 g/mol. The van der Waals surface area contributed by atoms with Crippen molar-refractivity contribution >= 4 is 39.1 Å². The SMILES string of the molecule is CC(=NNC(=O)C(=O)Nc1ccc(Br)cc1)c1ccc(F)cc1. The number of hydrogen-bond acceptors (Lipinski definition) is 3. The molecule has 5 nitrogen and oxygen atoms in total. The van der Waals surface area contributed by atoms with Crippen LogP contribution in [0.4, 0.5) is 10.1 Å². The molecule has 2 amide bonds. The maximum Gasteiger partial charge on any atom is 0.329 e. The highest BCUT2D eigenvalue weighted by Crippen LogP contribution is 2.13. The third kappa shape index (κ3) is 5.00. The second kappa shape index (κ2) is 7.64. The molecule has 2 aromatic rings. The quantitative estimate of drug-likeness (QED) is 0.490. The van der Waals surface area contributed by atoms with E-state index < -0.39 is 11.8 Å². The second-order valence-electron chi connectivity index (χ2n) is 4.61. The van der Waals surface area contributed by atoms with Gasteiger partial charge in [-0.05, 0) is 48.9 Å². The normalized spacial score (nSPS) is 11.0. The molecule has 0 unspecified atom stereocenters. The van der Waals surface area contributed by atoms with Crippen LogP contribution in [0.15, 0.2) is 58.1 Å². The van der Waals surface area contributed by atoms with Gasteiger partial charge in [-0.3, -0.25) is 9.59 Å². The molecule has 0 bridgehead atoms. The number of rotatable bonds is 3. The lowest BCUT2D eigenvalue weighted by atomic mass is 10.1. The van der Waals surface area contributed by atoms with Crippen LogP contribution >= 0.6 is 15.9 Å². The fourth-order valence-corrected chi connectivity index (χ4v) is 1.93. The van der Waals surface area contributed by atoms with Crippen LogP contribution in [0.3, 0.4) is 0 Å². The van der Waals surface area contributed by atoms with Crippen LogP contribution in [0.1, 0.15) is 12.5 Å². The summed E-state index contributed by atoms with van der Waals surface area (Å²) in [6.07, 6.45) is 0. The Hall–Kier alpha value is -2.54. The van der Waals surface area contributed by atoms with E-state index >= 15 is 0 Å². The van der Waals surface area contributed by atoms with Gasteiger partial charge < -0.3 is 5.32 Å². The Morgan fingerprint density at radius 3 is 2.22 bits per heavy atom. The lowest BCUT2D eigenvalue weighted by molar-refractivity contribution is -0.136. The molecule has 0 aliphatic carbocycles. The van der Waals surface area contributed by atoms with Gasteiger partial charge in [0.2, 0.25) is 0 Å². The van der Waals surface area contributed by atoms with E-state index in [0.717, 1.165) is 4.47 Å². The molecule has 0 fully saturated rings. The fraction of sp³-hybridized carbons (Fsp3) is 0.0625. The summed E-state index contributed by atoms with van der Waals surface area (Å²) in [5, 5.41) is 6.28. The predicted octanol–water partition coefficient (Wildman–Crippen LogP) is 3.07. The van der Waals surface area contributed by atoms with Gasteiger partial charge in [-0.25, -0.2) is 9.82 Å². The molecule has 0 heterocycles. The number of halogens is 2. The molecule has 0 atom stereocenters. The van der Waals surface area contributed by atoms with Gasteiger partial charge in [0.05, 0.1) is 5.71 Å². The Bertz CT molecular complexity index is 743. The first-order valence-electron chi connectivity index (χ1n) is 6.63. The summed E-state index contributed by atoms with van der Waals surface area (Å²) in [6, 6.07) is 12.4. The Morgan fingerprint density at radius 2 is 1.61 bits per heavy atom. The van der Waals surface area contributed by atoms with Crippen molar-refractivity contribution in [3.05, 3.63) is 64.4 Å². The minimum Gasteiger partial charge on any atom is -0.318 e. The Balaban J connectivity index is 1.95. The first-order valence-corrected chi connectivity index (χ1v) is 7.42. The van der Waals surface area contributed by atoms with Gasteiger partial charge in [0.25, 0.3) is 0 Å². The molecule has 2 rings (SSSR count). The zero-order valence-electron chi connectivity index (χ0n) is 12.1. The van der Waals surface area contributed by atoms with Crippen molar-refractivity contribution < 1.29 is 14.0 Å². The highest BCUT2D eigenvalue weighted by atomic mass is 79.9. The molecule has 0 aromatic heterocycles. The minimum absolute atomic E-state index is 0.362. The maximum atomic E-state index is 12.8. The number of carbonyl (C=O) groups is 2. The van der Waals surface area contributed by atoms with E-state index in [1.807, 2.05) is 0 Å². The van der Waals surface area contributed by atoms with Crippen LogP contribution in [0, 0.1) is 5.82 Å².